The molecule has 102 valence electrons. The first-order valence-corrected chi connectivity index (χ1v) is 6.47. The average Bonchev–Trinajstić information content (AvgIpc) is 3.26. The number of rotatable bonds is 4. The van der Waals surface area contributed by atoms with Crippen LogP contribution in [0.25, 0.3) is 0 Å². The maximum Gasteiger partial charge on any atom is 0.333 e. The molecule has 6 nitrogen and oxygen atoms in total. The third-order valence-corrected chi connectivity index (χ3v) is 3.19. The summed E-state index contributed by atoms with van der Waals surface area (Å²) in [5.74, 6) is 0.771. The molecule has 2 aromatic rings. The van der Waals surface area contributed by atoms with E-state index in [4.69, 9.17) is 0 Å². The van der Waals surface area contributed by atoms with Gasteiger partial charge in [-0.05, 0) is 18.1 Å². The van der Waals surface area contributed by atoms with Crippen LogP contribution in [0.2, 0.25) is 0 Å². The lowest BCUT2D eigenvalue weighted by Crippen LogP contribution is -2.40. The second-order valence-electron chi connectivity index (χ2n) is 4.66. The SMILES string of the molecule is O=C(NNc1ncccn1)NC1CC1c1ccccc1. The van der Waals surface area contributed by atoms with Gasteiger partial charge in [-0.25, -0.2) is 20.2 Å². The lowest BCUT2D eigenvalue weighted by atomic mass is 10.1. The van der Waals surface area contributed by atoms with Crippen LogP contribution in [-0.2, 0) is 0 Å². The van der Waals surface area contributed by atoms with E-state index in [1.807, 2.05) is 18.2 Å². The predicted octanol–water partition coefficient (Wildman–Crippen LogP) is 1.66. The van der Waals surface area contributed by atoms with Crippen molar-refractivity contribution in [3.63, 3.8) is 0 Å². The molecule has 3 rings (SSSR count). The lowest BCUT2D eigenvalue weighted by molar-refractivity contribution is 0.242. The highest BCUT2D eigenvalue weighted by molar-refractivity contribution is 5.76. The molecule has 1 heterocycles. The van der Waals surface area contributed by atoms with Crippen LogP contribution < -0.4 is 16.2 Å². The van der Waals surface area contributed by atoms with Gasteiger partial charge in [0.25, 0.3) is 0 Å². The van der Waals surface area contributed by atoms with Crippen molar-refractivity contribution in [3.8, 4) is 0 Å². The van der Waals surface area contributed by atoms with Crippen LogP contribution in [0.1, 0.15) is 17.9 Å². The first-order chi connectivity index (χ1) is 9.83. The van der Waals surface area contributed by atoms with E-state index in [-0.39, 0.29) is 12.1 Å². The van der Waals surface area contributed by atoms with Crippen molar-refractivity contribution in [3.05, 3.63) is 54.4 Å². The highest BCUT2D eigenvalue weighted by atomic mass is 16.2. The van der Waals surface area contributed by atoms with E-state index < -0.39 is 0 Å². The molecule has 1 aliphatic carbocycles. The van der Waals surface area contributed by atoms with Crippen molar-refractivity contribution in [1.29, 1.82) is 0 Å². The van der Waals surface area contributed by atoms with Crippen LogP contribution in [0.4, 0.5) is 10.7 Å². The van der Waals surface area contributed by atoms with Crippen LogP contribution in [0, 0.1) is 0 Å². The standard InChI is InChI=1S/C14H15N5O/c20-14(19-18-13-15-7-4-8-16-13)17-12-9-11(12)10-5-2-1-3-6-10/h1-8,11-12H,9H2,(H,15,16,18)(H2,17,19,20). The molecule has 3 N–H and O–H groups in total. The molecule has 1 saturated carbocycles. The van der Waals surface area contributed by atoms with Gasteiger partial charge < -0.3 is 5.32 Å². The molecule has 1 aromatic heterocycles. The van der Waals surface area contributed by atoms with Crippen molar-refractivity contribution in [2.45, 2.75) is 18.4 Å². The number of nitrogens with zero attached hydrogens (tertiary/aromatic N) is 2. The average molecular weight is 269 g/mol. The van der Waals surface area contributed by atoms with Crippen molar-refractivity contribution < 1.29 is 4.79 Å². The minimum Gasteiger partial charge on any atom is -0.333 e. The Kier molecular flexibility index (Phi) is 3.45. The molecule has 1 aliphatic rings. The predicted molar refractivity (Wildman–Crippen MR) is 74.9 cm³/mol. The molecule has 2 unspecified atom stereocenters. The summed E-state index contributed by atoms with van der Waals surface area (Å²) in [6.07, 6.45) is 4.17. The second kappa shape index (κ2) is 5.56. The van der Waals surface area contributed by atoms with E-state index in [0.29, 0.717) is 11.9 Å². The molecule has 0 spiro atoms. The van der Waals surface area contributed by atoms with Crippen molar-refractivity contribution >= 4 is 12.0 Å². The normalized spacial score (nSPS) is 20.0. The Balaban J connectivity index is 1.45. The smallest absolute Gasteiger partial charge is 0.333 e. The topological polar surface area (TPSA) is 78.9 Å². The molecular weight excluding hydrogens is 254 g/mol. The Morgan fingerprint density at radius 2 is 1.85 bits per heavy atom. The third-order valence-electron chi connectivity index (χ3n) is 3.19. The molecule has 6 heteroatoms. The Hall–Kier alpha value is -2.63. The Morgan fingerprint density at radius 1 is 1.10 bits per heavy atom. The quantitative estimate of drug-likeness (QED) is 0.738. The summed E-state index contributed by atoms with van der Waals surface area (Å²) >= 11 is 0. The molecule has 2 atom stereocenters. The minimum absolute atomic E-state index is 0.191. The zero-order valence-electron chi connectivity index (χ0n) is 10.8. The molecule has 0 bridgehead atoms. The summed E-state index contributed by atoms with van der Waals surface area (Å²) in [5, 5.41) is 2.90. The van der Waals surface area contributed by atoms with Crippen molar-refractivity contribution in [2.75, 3.05) is 5.43 Å². The summed E-state index contributed by atoms with van der Waals surface area (Å²) in [5.41, 5.74) is 6.43. The van der Waals surface area contributed by atoms with Gasteiger partial charge in [-0.15, -0.1) is 0 Å². The maximum atomic E-state index is 11.7. The molecule has 0 saturated heterocycles. The van der Waals surface area contributed by atoms with E-state index in [1.54, 1.807) is 18.5 Å². The summed E-state index contributed by atoms with van der Waals surface area (Å²) in [6, 6.07) is 11.8. The van der Waals surface area contributed by atoms with Gasteiger partial charge in [0.2, 0.25) is 5.95 Å². The zero-order valence-corrected chi connectivity index (χ0v) is 10.8. The van der Waals surface area contributed by atoms with Gasteiger partial charge in [-0.2, -0.15) is 0 Å². The van der Waals surface area contributed by atoms with E-state index in [0.717, 1.165) is 6.42 Å². The fourth-order valence-corrected chi connectivity index (χ4v) is 2.10. The number of aromatic nitrogens is 2. The van der Waals surface area contributed by atoms with Gasteiger partial charge in [0.1, 0.15) is 0 Å². The summed E-state index contributed by atoms with van der Waals surface area (Å²) in [6.45, 7) is 0. The number of carbonyl (C=O) groups excluding carboxylic acids is 1. The monoisotopic (exact) mass is 269 g/mol. The molecule has 0 aliphatic heterocycles. The molecule has 1 fully saturated rings. The minimum atomic E-state index is -0.277. The van der Waals surface area contributed by atoms with Gasteiger partial charge >= 0.3 is 6.03 Å². The van der Waals surface area contributed by atoms with Gasteiger partial charge in [-0.3, -0.25) is 5.43 Å². The highest BCUT2D eigenvalue weighted by Crippen LogP contribution is 2.40. The number of anilines is 1. The molecule has 1 aromatic carbocycles. The number of benzene rings is 1. The van der Waals surface area contributed by atoms with Gasteiger partial charge in [0.05, 0.1) is 0 Å². The largest absolute Gasteiger partial charge is 0.333 e. The Morgan fingerprint density at radius 3 is 2.60 bits per heavy atom. The second-order valence-corrected chi connectivity index (χ2v) is 4.66. The first-order valence-electron chi connectivity index (χ1n) is 6.47. The maximum absolute atomic E-state index is 11.7. The van der Waals surface area contributed by atoms with Crippen molar-refractivity contribution in [1.82, 2.24) is 20.7 Å². The van der Waals surface area contributed by atoms with Crippen LogP contribution in [0.15, 0.2) is 48.8 Å². The first kappa shape index (κ1) is 12.4. The number of urea groups is 1. The number of nitrogens with one attached hydrogen (secondary N) is 3. The molecular formula is C14H15N5O. The van der Waals surface area contributed by atoms with E-state index in [2.05, 4.69) is 38.3 Å². The number of amides is 2. The van der Waals surface area contributed by atoms with E-state index >= 15 is 0 Å². The molecule has 0 radical (unpaired) electrons. The fourth-order valence-electron chi connectivity index (χ4n) is 2.10. The number of hydrogen-bond donors (Lipinski definition) is 3. The van der Waals surface area contributed by atoms with Crippen LogP contribution >= 0.6 is 0 Å². The molecule has 2 amide bonds. The van der Waals surface area contributed by atoms with E-state index in [1.165, 1.54) is 5.56 Å². The fraction of sp³-hybridized carbons (Fsp3) is 0.214. The summed E-state index contributed by atoms with van der Waals surface area (Å²) in [4.78, 5) is 19.6. The van der Waals surface area contributed by atoms with Gasteiger partial charge in [0.15, 0.2) is 0 Å². The van der Waals surface area contributed by atoms with Crippen LogP contribution in [0.3, 0.4) is 0 Å². The Labute approximate surface area is 116 Å². The summed E-state index contributed by atoms with van der Waals surface area (Å²) < 4.78 is 0. The summed E-state index contributed by atoms with van der Waals surface area (Å²) in [7, 11) is 0. The van der Waals surface area contributed by atoms with Crippen molar-refractivity contribution in [2.24, 2.45) is 0 Å². The van der Waals surface area contributed by atoms with Gasteiger partial charge in [-0.1, -0.05) is 30.3 Å². The molecule has 20 heavy (non-hydrogen) atoms. The lowest BCUT2D eigenvalue weighted by Gasteiger charge is -2.08. The number of hydrogen-bond acceptors (Lipinski definition) is 4. The van der Waals surface area contributed by atoms with Gasteiger partial charge in [0, 0.05) is 24.4 Å². The number of hydrazine groups is 1. The number of carbonyl (C=O) groups is 1. The third kappa shape index (κ3) is 3.03. The Bertz CT molecular complexity index is 575. The zero-order chi connectivity index (χ0) is 13.8. The highest BCUT2D eigenvalue weighted by Gasteiger charge is 2.39. The van der Waals surface area contributed by atoms with Crippen LogP contribution in [-0.4, -0.2) is 22.0 Å². The van der Waals surface area contributed by atoms with Crippen LogP contribution in [0.5, 0.6) is 0 Å². The van der Waals surface area contributed by atoms with E-state index in [9.17, 15) is 4.79 Å².